The average Bonchev–Trinajstić information content (AvgIpc) is 2.35. The Balaban J connectivity index is 2.07. The van der Waals surface area contributed by atoms with Crippen LogP contribution in [0.2, 0.25) is 0 Å². The number of benzene rings is 1. The lowest BCUT2D eigenvalue weighted by Crippen LogP contribution is -2.22. The van der Waals surface area contributed by atoms with Crippen LogP contribution < -0.4 is 5.32 Å². The molecule has 3 nitrogen and oxygen atoms in total. The van der Waals surface area contributed by atoms with Gasteiger partial charge in [0, 0.05) is 13.1 Å². The normalized spacial score (nSPS) is 12.0. The molecule has 0 radical (unpaired) electrons. The molecule has 0 fully saturated rings. The molecule has 0 spiro atoms. The number of hydrogen-bond donors (Lipinski definition) is 1. The van der Waals surface area contributed by atoms with Gasteiger partial charge in [-0.3, -0.25) is 0 Å². The zero-order valence-electron chi connectivity index (χ0n) is 9.65. The molecule has 0 heterocycles. The Morgan fingerprint density at radius 2 is 2.12 bits per heavy atom. The van der Waals surface area contributed by atoms with Crippen LogP contribution in [0.25, 0.3) is 0 Å². The predicted octanol–water partition coefficient (Wildman–Crippen LogP) is 2.09. The molecule has 1 N–H and O–H groups in total. The Morgan fingerprint density at radius 1 is 1.38 bits per heavy atom. The Bertz CT molecular complexity index is 318. The van der Waals surface area contributed by atoms with Crippen LogP contribution >= 0.6 is 0 Å². The first-order chi connectivity index (χ1) is 7.86. The van der Waals surface area contributed by atoms with E-state index in [-0.39, 0.29) is 6.10 Å². The second-order valence-electron chi connectivity index (χ2n) is 3.56. The molecule has 1 rings (SSSR count). The van der Waals surface area contributed by atoms with Crippen molar-refractivity contribution in [3.05, 3.63) is 35.9 Å². The van der Waals surface area contributed by atoms with Crippen LogP contribution in [-0.2, 0) is 11.3 Å². The molecule has 0 aliphatic rings. The summed E-state index contributed by atoms with van der Waals surface area (Å²) in [6.07, 6.45) is 0.480. The maximum absolute atomic E-state index is 8.67. The SMILES string of the molecule is CCC(C#N)OCCNCc1ccccc1. The predicted molar refractivity (Wildman–Crippen MR) is 63.8 cm³/mol. The van der Waals surface area contributed by atoms with Crippen molar-refractivity contribution in [1.29, 1.82) is 5.26 Å². The molecule has 1 aromatic carbocycles. The number of rotatable bonds is 7. The first-order valence-corrected chi connectivity index (χ1v) is 5.62. The lowest BCUT2D eigenvalue weighted by Gasteiger charge is -2.09. The van der Waals surface area contributed by atoms with Crippen molar-refractivity contribution in [2.24, 2.45) is 0 Å². The van der Waals surface area contributed by atoms with E-state index in [4.69, 9.17) is 10.00 Å². The summed E-state index contributed by atoms with van der Waals surface area (Å²) in [5.41, 5.74) is 1.26. The van der Waals surface area contributed by atoms with Crippen molar-refractivity contribution in [3.8, 4) is 6.07 Å². The Kier molecular flexibility index (Phi) is 6.24. The minimum Gasteiger partial charge on any atom is -0.362 e. The fourth-order valence-electron chi connectivity index (χ4n) is 1.35. The molecule has 3 heteroatoms. The molecule has 0 aliphatic carbocycles. The van der Waals surface area contributed by atoms with Gasteiger partial charge in [0.25, 0.3) is 0 Å². The number of nitrogens with zero attached hydrogens (tertiary/aromatic N) is 1. The van der Waals surface area contributed by atoms with Crippen LogP contribution in [0, 0.1) is 11.3 Å². The standard InChI is InChI=1S/C13H18N2O/c1-2-13(10-14)16-9-8-15-11-12-6-4-3-5-7-12/h3-7,13,15H,2,8-9,11H2,1H3. The van der Waals surface area contributed by atoms with E-state index < -0.39 is 0 Å². The molecule has 0 bridgehead atoms. The van der Waals surface area contributed by atoms with E-state index in [0.717, 1.165) is 19.5 Å². The lowest BCUT2D eigenvalue weighted by molar-refractivity contribution is 0.0894. The van der Waals surface area contributed by atoms with Crippen molar-refractivity contribution in [2.75, 3.05) is 13.2 Å². The maximum atomic E-state index is 8.67. The molecule has 1 unspecified atom stereocenters. The summed E-state index contributed by atoms with van der Waals surface area (Å²) in [6.45, 7) is 4.14. The van der Waals surface area contributed by atoms with Crippen molar-refractivity contribution < 1.29 is 4.74 Å². The second kappa shape index (κ2) is 7.86. The fraction of sp³-hybridized carbons (Fsp3) is 0.462. The largest absolute Gasteiger partial charge is 0.362 e. The summed E-state index contributed by atoms with van der Waals surface area (Å²) in [5, 5.41) is 11.9. The molecule has 0 saturated heterocycles. The second-order valence-corrected chi connectivity index (χ2v) is 3.56. The van der Waals surface area contributed by atoms with Crippen LogP contribution in [0.15, 0.2) is 30.3 Å². The minimum atomic E-state index is -0.265. The summed E-state index contributed by atoms with van der Waals surface area (Å²) in [5.74, 6) is 0. The summed E-state index contributed by atoms with van der Waals surface area (Å²) < 4.78 is 5.35. The Hall–Kier alpha value is -1.37. The van der Waals surface area contributed by atoms with Crippen molar-refractivity contribution in [1.82, 2.24) is 5.32 Å². The number of ether oxygens (including phenoxy) is 1. The van der Waals surface area contributed by atoms with Crippen molar-refractivity contribution >= 4 is 0 Å². The van der Waals surface area contributed by atoms with E-state index in [1.165, 1.54) is 5.56 Å². The summed E-state index contributed by atoms with van der Waals surface area (Å²) in [7, 11) is 0. The highest BCUT2D eigenvalue weighted by Crippen LogP contribution is 1.97. The van der Waals surface area contributed by atoms with Gasteiger partial charge in [-0.15, -0.1) is 0 Å². The third kappa shape index (κ3) is 4.92. The Labute approximate surface area is 97.0 Å². The van der Waals surface area contributed by atoms with Gasteiger partial charge in [-0.25, -0.2) is 0 Å². The Morgan fingerprint density at radius 3 is 2.75 bits per heavy atom. The highest BCUT2D eigenvalue weighted by Gasteiger charge is 2.02. The third-order valence-electron chi connectivity index (χ3n) is 2.28. The van der Waals surface area contributed by atoms with Crippen LogP contribution in [0.1, 0.15) is 18.9 Å². The highest BCUT2D eigenvalue weighted by atomic mass is 16.5. The molecular weight excluding hydrogens is 200 g/mol. The first kappa shape index (κ1) is 12.7. The molecule has 0 aliphatic heterocycles. The summed E-state index contributed by atoms with van der Waals surface area (Å²) >= 11 is 0. The minimum absolute atomic E-state index is 0.265. The molecular formula is C13H18N2O. The molecule has 86 valence electrons. The monoisotopic (exact) mass is 218 g/mol. The van der Waals surface area contributed by atoms with E-state index >= 15 is 0 Å². The number of nitrogens with one attached hydrogen (secondary N) is 1. The van der Waals surface area contributed by atoms with E-state index in [0.29, 0.717) is 6.61 Å². The molecule has 0 amide bonds. The first-order valence-electron chi connectivity index (χ1n) is 5.62. The third-order valence-corrected chi connectivity index (χ3v) is 2.28. The smallest absolute Gasteiger partial charge is 0.143 e. The zero-order chi connectivity index (χ0) is 11.6. The lowest BCUT2D eigenvalue weighted by atomic mass is 10.2. The van der Waals surface area contributed by atoms with Gasteiger partial charge in [-0.05, 0) is 12.0 Å². The molecule has 0 aromatic heterocycles. The summed E-state index contributed by atoms with van der Waals surface area (Å²) in [4.78, 5) is 0. The van der Waals surface area contributed by atoms with Gasteiger partial charge in [0.15, 0.2) is 0 Å². The van der Waals surface area contributed by atoms with E-state index in [1.54, 1.807) is 0 Å². The topological polar surface area (TPSA) is 45.0 Å². The van der Waals surface area contributed by atoms with Gasteiger partial charge in [-0.2, -0.15) is 5.26 Å². The maximum Gasteiger partial charge on any atom is 0.143 e. The molecule has 0 saturated carbocycles. The van der Waals surface area contributed by atoms with Gasteiger partial charge < -0.3 is 10.1 Å². The van der Waals surface area contributed by atoms with Gasteiger partial charge in [-0.1, -0.05) is 37.3 Å². The van der Waals surface area contributed by atoms with E-state index in [2.05, 4.69) is 23.5 Å². The van der Waals surface area contributed by atoms with Crippen LogP contribution in [0.5, 0.6) is 0 Å². The van der Waals surface area contributed by atoms with Gasteiger partial charge in [0.2, 0.25) is 0 Å². The molecule has 16 heavy (non-hydrogen) atoms. The van der Waals surface area contributed by atoms with E-state index in [9.17, 15) is 0 Å². The quantitative estimate of drug-likeness (QED) is 0.713. The van der Waals surface area contributed by atoms with Gasteiger partial charge in [0.1, 0.15) is 6.10 Å². The van der Waals surface area contributed by atoms with Crippen molar-refractivity contribution in [2.45, 2.75) is 26.0 Å². The number of nitriles is 1. The zero-order valence-corrected chi connectivity index (χ0v) is 9.65. The van der Waals surface area contributed by atoms with Gasteiger partial charge >= 0.3 is 0 Å². The van der Waals surface area contributed by atoms with Gasteiger partial charge in [0.05, 0.1) is 12.7 Å². The summed E-state index contributed by atoms with van der Waals surface area (Å²) in [6, 6.07) is 12.3. The molecule has 1 atom stereocenters. The fourth-order valence-corrected chi connectivity index (χ4v) is 1.35. The number of hydrogen-bond acceptors (Lipinski definition) is 3. The highest BCUT2D eigenvalue weighted by molar-refractivity contribution is 5.14. The van der Waals surface area contributed by atoms with Crippen molar-refractivity contribution in [3.63, 3.8) is 0 Å². The van der Waals surface area contributed by atoms with Crippen LogP contribution in [0.3, 0.4) is 0 Å². The van der Waals surface area contributed by atoms with E-state index in [1.807, 2.05) is 25.1 Å². The van der Waals surface area contributed by atoms with Crippen LogP contribution in [0.4, 0.5) is 0 Å². The molecule has 1 aromatic rings. The van der Waals surface area contributed by atoms with Crippen LogP contribution in [-0.4, -0.2) is 19.3 Å². The average molecular weight is 218 g/mol.